The molecule has 2 aromatic rings. The number of aromatic nitrogens is 3. The smallest absolute Gasteiger partial charge is 0.295 e. The highest BCUT2D eigenvalue weighted by Crippen LogP contribution is 2.18. The minimum Gasteiger partial charge on any atom is -0.482 e. The molecule has 0 aromatic carbocycles. The van der Waals surface area contributed by atoms with Gasteiger partial charge in [0.1, 0.15) is 17.6 Å². The Hall–Kier alpha value is -2.66. The Kier molecular flexibility index (Phi) is 6.09. The maximum absolute atomic E-state index is 12.5. The van der Waals surface area contributed by atoms with Crippen molar-refractivity contribution in [1.29, 1.82) is 0 Å². The minimum atomic E-state index is -0.272. The first-order valence-corrected chi connectivity index (χ1v) is 7.69. The molecule has 0 fully saturated rings. The molecule has 124 valence electrons. The zero-order valence-corrected chi connectivity index (χ0v) is 14.3. The summed E-state index contributed by atoms with van der Waals surface area (Å²) in [4.78, 5) is 20.7. The summed E-state index contributed by atoms with van der Waals surface area (Å²) in [5.41, 5.74) is 1.34. The molecule has 0 bridgehead atoms. The average Bonchev–Trinajstić information content (AvgIpc) is 2.56. The summed E-state index contributed by atoms with van der Waals surface area (Å²) in [6.45, 7) is 5.83. The molecule has 0 saturated carbocycles. The van der Waals surface area contributed by atoms with Crippen LogP contribution in [0.3, 0.4) is 0 Å². The van der Waals surface area contributed by atoms with E-state index < -0.39 is 0 Å². The number of pyridine rings is 1. The van der Waals surface area contributed by atoms with Crippen molar-refractivity contribution in [3.8, 4) is 17.1 Å². The van der Waals surface area contributed by atoms with Gasteiger partial charge in [0.25, 0.3) is 5.56 Å². The maximum atomic E-state index is 12.5. The second-order valence-electron chi connectivity index (χ2n) is 4.94. The van der Waals surface area contributed by atoms with E-state index in [9.17, 15) is 4.79 Å². The highest BCUT2D eigenvalue weighted by atomic mass is 35.5. The Bertz CT molecular complexity index is 854. The van der Waals surface area contributed by atoms with Gasteiger partial charge in [-0.2, -0.15) is 0 Å². The van der Waals surface area contributed by atoms with Crippen LogP contribution in [0.5, 0.6) is 5.75 Å². The first kappa shape index (κ1) is 17.7. The Labute approximate surface area is 145 Å². The molecule has 0 spiro atoms. The van der Waals surface area contributed by atoms with Gasteiger partial charge in [-0.25, -0.2) is 9.97 Å². The molecule has 0 aliphatic carbocycles. The lowest BCUT2D eigenvalue weighted by atomic mass is 10.2. The van der Waals surface area contributed by atoms with E-state index in [0.29, 0.717) is 16.5 Å². The first-order chi connectivity index (χ1) is 11.6. The van der Waals surface area contributed by atoms with Crippen LogP contribution in [0, 0.1) is 0 Å². The lowest BCUT2D eigenvalue weighted by Crippen LogP contribution is -2.22. The Balaban J connectivity index is 2.29. The molecule has 0 aliphatic rings. The van der Waals surface area contributed by atoms with Gasteiger partial charge in [0.05, 0.1) is 6.20 Å². The summed E-state index contributed by atoms with van der Waals surface area (Å²) in [5.74, 6) is 0.674. The van der Waals surface area contributed by atoms with Gasteiger partial charge in [0.15, 0.2) is 0 Å². The molecule has 2 aromatic heterocycles. The van der Waals surface area contributed by atoms with Gasteiger partial charge in [-0.15, -0.1) is 0 Å². The van der Waals surface area contributed by atoms with Crippen molar-refractivity contribution in [3.63, 3.8) is 0 Å². The summed E-state index contributed by atoms with van der Waals surface area (Å²) in [6.07, 6.45) is 10.3. The molecule has 5 nitrogen and oxygen atoms in total. The van der Waals surface area contributed by atoms with Gasteiger partial charge in [-0.3, -0.25) is 9.36 Å². The molecule has 0 N–H and O–H groups in total. The zero-order valence-electron chi connectivity index (χ0n) is 13.6. The number of hydrogen-bond acceptors (Lipinski definition) is 4. The lowest BCUT2D eigenvalue weighted by molar-refractivity contribution is 0.346. The molecule has 24 heavy (non-hydrogen) atoms. The number of halogens is 1. The molecule has 2 rings (SSSR count). The molecule has 0 unspecified atom stereocenters. The summed E-state index contributed by atoms with van der Waals surface area (Å²) >= 11 is 5.89. The van der Waals surface area contributed by atoms with Crippen LogP contribution < -0.4 is 10.3 Å². The highest BCUT2D eigenvalue weighted by molar-refractivity contribution is 6.29. The van der Waals surface area contributed by atoms with E-state index in [1.165, 1.54) is 10.8 Å². The number of hydrogen-bond donors (Lipinski definition) is 0. The predicted octanol–water partition coefficient (Wildman–Crippen LogP) is 3.56. The maximum Gasteiger partial charge on any atom is 0.295 e. The van der Waals surface area contributed by atoms with Crippen LogP contribution in [0.1, 0.15) is 6.92 Å². The van der Waals surface area contributed by atoms with Crippen LogP contribution in [0.4, 0.5) is 0 Å². The van der Waals surface area contributed by atoms with Crippen LogP contribution in [0.15, 0.2) is 65.8 Å². The fourth-order valence-corrected chi connectivity index (χ4v) is 2.28. The normalized spacial score (nSPS) is 11.7. The highest BCUT2D eigenvalue weighted by Gasteiger charge is 2.11. The van der Waals surface area contributed by atoms with E-state index in [1.54, 1.807) is 31.5 Å². The molecule has 0 saturated heterocycles. The quantitative estimate of drug-likeness (QED) is 0.594. The number of ether oxygens (including phenoxy) is 1. The van der Waals surface area contributed by atoms with E-state index in [0.717, 1.165) is 5.57 Å². The lowest BCUT2D eigenvalue weighted by Gasteiger charge is -2.11. The van der Waals surface area contributed by atoms with Crippen LogP contribution in [-0.2, 0) is 7.05 Å². The van der Waals surface area contributed by atoms with Gasteiger partial charge in [-0.05, 0) is 24.6 Å². The molecule has 6 heteroatoms. The van der Waals surface area contributed by atoms with Crippen molar-refractivity contribution in [2.75, 3.05) is 6.61 Å². The molecule has 0 atom stereocenters. The van der Waals surface area contributed by atoms with Crippen molar-refractivity contribution in [1.82, 2.24) is 14.5 Å². The number of rotatable bonds is 6. The SMILES string of the molecule is C=C/C=C(\C=C/C)COc1cnc(-c2ccnc(Cl)c2)n(C)c1=O. The summed E-state index contributed by atoms with van der Waals surface area (Å²) in [5, 5.41) is 0.340. The summed E-state index contributed by atoms with van der Waals surface area (Å²) in [6, 6.07) is 3.39. The Morgan fingerprint density at radius 2 is 2.25 bits per heavy atom. The number of allylic oxidation sites excluding steroid dienone is 3. The second-order valence-corrected chi connectivity index (χ2v) is 5.33. The van der Waals surface area contributed by atoms with Crippen LogP contribution >= 0.6 is 11.6 Å². The van der Waals surface area contributed by atoms with Crippen LogP contribution in [0.25, 0.3) is 11.4 Å². The van der Waals surface area contributed by atoms with Gasteiger partial charge < -0.3 is 4.74 Å². The first-order valence-electron chi connectivity index (χ1n) is 7.32. The van der Waals surface area contributed by atoms with Gasteiger partial charge in [0.2, 0.25) is 5.75 Å². The van der Waals surface area contributed by atoms with Gasteiger partial charge in [-0.1, -0.05) is 42.5 Å². The molecule has 0 radical (unpaired) electrons. The molecule has 0 aliphatic heterocycles. The standard InChI is InChI=1S/C18H18ClN3O2/c1-4-6-13(7-5-2)12-24-15-11-21-17(22(3)18(15)23)14-8-9-20-16(19)10-14/h4-11H,1,12H2,2-3H3/b7-5-,13-6+. The minimum absolute atomic E-state index is 0.181. The van der Waals surface area contributed by atoms with Crippen molar-refractivity contribution in [2.24, 2.45) is 7.05 Å². The van der Waals surface area contributed by atoms with Crippen molar-refractivity contribution >= 4 is 11.6 Å². The van der Waals surface area contributed by atoms with E-state index >= 15 is 0 Å². The molecular weight excluding hydrogens is 326 g/mol. The number of nitrogens with zero attached hydrogens (tertiary/aromatic N) is 3. The largest absolute Gasteiger partial charge is 0.482 e. The van der Waals surface area contributed by atoms with E-state index in [4.69, 9.17) is 16.3 Å². The monoisotopic (exact) mass is 343 g/mol. The zero-order chi connectivity index (χ0) is 17.5. The third-order valence-electron chi connectivity index (χ3n) is 3.23. The Morgan fingerprint density at radius 1 is 1.46 bits per heavy atom. The fraction of sp³-hybridized carbons (Fsp3) is 0.167. The van der Waals surface area contributed by atoms with Crippen molar-refractivity contribution in [3.05, 3.63) is 76.5 Å². The van der Waals surface area contributed by atoms with Gasteiger partial charge in [0, 0.05) is 18.8 Å². The fourth-order valence-electron chi connectivity index (χ4n) is 2.11. The summed E-state index contributed by atoms with van der Waals surface area (Å²) < 4.78 is 7.02. The van der Waals surface area contributed by atoms with Crippen molar-refractivity contribution in [2.45, 2.75) is 6.92 Å². The second kappa shape index (κ2) is 8.26. The van der Waals surface area contributed by atoms with Crippen LogP contribution in [0.2, 0.25) is 5.15 Å². The van der Waals surface area contributed by atoms with Gasteiger partial charge >= 0.3 is 0 Å². The average molecular weight is 344 g/mol. The van der Waals surface area contributed by atoms with E-state index in [1.807, 2.05) is 25.2 Å². The topological polar surface area (TPSA) is 57.0 Å². The van der Waals surface area contributed by atoms with Crippen LogP contribution in [-0.4, -0.2) is 21.1 Å². The molecule has 0 amide bonds. The molecule has 2 heterocycles. The van der Waals surface area contributed by atoms with E-state index in [2.05, 4.69) is 16.5 Å². The third kappa shape index (κ3) is 4.20. The third-order valence-corrected chi connectivity index (χ3v) is 3.44. The molecular formula is C18H18ClN3O2. The predicted molar refractivity (Wildman–Crippen MR) is 96.3 cm³/mol. The van der Waals surface area contributed by atoms with Crippen molar-refractivity contribution < 1.29 is 4.74 Å². The summed E-state index contributed by atoms with van der Waals surface area (Å²) in [7, 11) is 1.64. The van der Waals surface area contributed by atoms with E-state index in [-0.39, 0.29) is 17.9 Å². The Morgan fingerprint density at radius 3 is 2.92 bits per heavy atom.